The van der Waals surface area contributed by atoms with Crippen LogP contribution in [0.5, 0.6) is 0 Å². The number of rotatable bonds is 6. The van der Waals surface area contributed by atoms with E-state index >= 15 is 0 Å². The molecule has 2 N–H and O–H groups in total. The molecule has 0 aromatic carbocycles. The van der Waals surface area contributed by atoms with Crippen LogP contribution in [0.4, 0.5) is 0 Å². The van der Waals surface area contributed by atoms with Crippen LogP contribution in [0.1, 0.15) is 30.8 Å². The van der Waals surface area contributed by atoms with E-state index in [1.807, 2.05) is 48.5 Å². The fourth-order valence-corrected chi connectivity index (χ4v) is 2.48. The summed E-state index contributed by atoms with van der Waals surface area (Å²) in [6.07, 6.45) is 8.35. The zero-order chi connectivity index (χ0) is 14.5. The first-order valence-electron chi connectivity index (χ1n) is 6.95. The molecule has 5 heteroatoms. The molecule has 2 rings (SSSR count). The van der Waals surface area contributed by atoms with Gasteiger partial charge in [0.25, 0.3) is 0 Å². The summed E-state index contributed by atoms with van der Waals surface area (Å²) in [4.78, 5) is 10.7. The van der Waals surface area contributed by atoms with Crippen LogP contribution in [-0.2, 0) is 13.6 Å². The standard InChI is InChI=1S/C15H23N5/c1-4-13(16)15(12-5-7-17-8-6-12)20(3)11-14-18-9-10-19(14)2/h5-10,13,15H,4,11,16H2,1-3H3. The number of nitrogens with two attached hydrogens (primary N) is 1. The molecule has 2 aromatic heterocycles. The Hall–Kier alpha value is -1.72. The Morgan fingerprint density at radius 1 is 1.30 bits per heavy atom. The van der Waals surface area contributed by atoms with E-state index in [-0.39, 0.29) is 12.1 Å². The van der Waals surface area contributed by atoms with Crippen molar-refractivity contribution in [2.75, 3.05) is 7.05 Å². The van der Waals surface area contributed by atoms with Crippen molar-refractivity contribution in [2.45, 2.75) is 32.0 Å². The van der Waals surface area contributed by atoms with Crippen molar-refractivity contribution in [2.24, 2.45) is 12.8 Å². The molecule has 0 aliphatic rings. The average Bonchev–Trinajstić information content (AvgIpc) is 2.85. The summed E-state index contributed by atoms with van der Waals surface area (Å²) in [5.74, 6) is 1.04. The highest BCUT2D eigenvalue weighted by Crippen LogP contribution is 2.24. The first-order chi connectivity index (χ1) is 9.63. The Morgan fingerprint density at radius 2 is 2.00 bits per heavy atom. The number of hydrogen-bond donors (Lipinski definition) is 1. The van der Waals surface area contributed by atoms with Gasteiger partial charge in [-0.15, -0.1) is 0 Å². The number of likely N-dealkylation sites (N-methyl/N-ethyl adjacent to an activating group) is 1. The molecule has 0 aliphatic carbocycles. The maximum absolute atomic E-state index is 6.33. The summed E-state index contributed by atoms with van der Waals surface area (Å²) in [6.45, 7) is 2.89. The molecule has 2 unspecified atom stereocenters. The predicted octanol–water partition coefficient (Wildman–Crippen LogP) is 1.73. The maximum Gasteiger partial charge on any atom is 0.122 e. The van der Waals surface area contributed by atoms with Crippen molar-refractivity contribution in [3.8, 4) is 0 Å². The Kier molecular flexibility index (Phi) is 4.87. The second kappa shape index (κ2) is 6.63. The average molecular weight is 273 g/mol. The van der Waals surface area contributed by atoms with Crippen LogP contribution in [0.3, 0.4) is 0 Å². The van der Waals surface area contributed by atoms with E-state index < -0.39 is 0 Å². The van der Waals surface area contributed by atoms with E-state index in [1.165, 1.54) is 5.56 Å². The Morgan fingerprint density at radius 3 is 2.55 bits per heavy atom. The molecular weight excluding hydrogens is 250 g/mol. The summed E-state index contributed by atoms with van der Waals surface area (Å²) >= 11 is 0. The topological polar surface area (TPSA) is 60.0 Å². The van der Waals surface area contributed by atoms with Crippen molar-refractivity contribution >= 4 is 0 Å². The minimum Gasteiger partial charge on any atom is -0.337 e. The van der Waals surface area contributed by atoms with Crippen molar-refractivity contribution in [1.82, 2.24) is 19.4 Å². The summed E-state index contributed by atoms with van der Waals surface area (Å²) in [7, 11) is 4.10. The lowest BCUT2D eigenvalue weighted by Crippen LogP contribution is -2.39. The van der Waals surface area contributed by atoms with Gasteiger partial charge in [-0.05, 0) is 31.2 Å². The fourth-order valence-electron chi connectivity index (χ4n) is 2.48. The Bertz CT molecular complexity index is 522. The van der Waals surface area contributed by atoms with Gasteiger partial charge in [0, 0.05) is 37.9 Å². The molecule has 0 bridgehead atoms. The first-order valence-corrected chi connectivity index (χ1v) is 6.95. The number of nitrogens with zero attached hydrogens (tertiary/aromatic N) is 4. The van der Waals surface area contributed by atoms with Gasteiger partial charge in [0.15, 0.2) is 0 Å². The predicted molar refractivity (Wildman–Crippen MR) is 79.9 cm³/mol. The van der Waals surface area contributed by atoms with E-state index in [2.05, 4.69) is 28.8 Å². The van der Waals surface area contributed by atoms with Crippen molar-refractivity contribution in [1.29, 1.82) is 0 Å². The number of imidazole rings is 1. The third kappa shape index (κ3) is 3.23. The number of hydrogen-bond acceptors (Lipinski definition) is 4. The molecule has 0 aliphatic heterocycles. The van der Waals surface area contributed by atoms with Crippen LogP contribution < -0.4 is 5.73 Å². The number of aromatic nitrogens is 3. The number of aryl methyl sites for hydroxylation is 1. The van der Waals surface area contributed by atoms with Gasteiger partial charge in [-0.1, -0.05) is 6.92 Å². The van der Waals surface area contributed by atoms with Gasteiger partial charge >= 0.3 is 0 Å². The molecule has 0 radical (unpaired) electrons. The van der Waals surface area contributed by atoms with E-state index in [1.54, 1.807) is 0 Å². The fraction of sp³-hybridized carbons (Fsp3) is 0.467. The highest BCUT2D eigenvalue weighted by Gasteiger charge is 2.23. The summed E-state index contributed by atoms with van der Waals surface area (Å²) in [5.41, 5.74) is 7.53. The lowest BCUT2D eigenvalue weighted by molar-refractivity contribution is 0.195. The lowest BCUT2D eigenvalue weighted by Gasteiger charge is -2.32. The molecule has 5 nitrogen and oxygen atoms in total. The van der Waals surface area contributed by atoms with Crippen LogP contribution in [0.2, 0.25) is 0 Å². The normalized spacial score (nSPS) is 14.4. The molecule has 2 aromatic rings. The van der Waals surface area contributed by atoms with Crippen molar-refractivity contribution in [3.63, 3.8) is 0 Å². The SMILES string of the molecule is CCC(N)C(c1ccncc1)N(C)Cc1nccn1C. The Labute approximate surface area is 120 Å². The van der Waals surface area contributed by atoms with Crippen LogP contribution in [0, 0.1) is 0 Å². The molecule has 0 spiro atoms. The first kappa shape index (κ1) is 14.7. The zero-order valence-corrected chi connectivity index (χ0v) is 12.4. The van der Waals surface area contributed by atoms with Crippen molar-refractivity contribution in [3.05, 3.63) is 48.3 Å². The molecule has 108 valence electrons. The third-order valence-corrected chi connectivity index (χ3v) is 3.71. The smallest absolute Gasteiger partial charge is 0.122 e. The summed E-state index contributed by atoms with van der Waals surface area (Å²) in [6, 6.07) is 4.33. The van der Waals surface area contributed by atoms with Gasteiger partial charge in [0.1, 0.15) is 5.82 Å². The van der Waals surface area contributed by atoms with Gasteiger partial charge in [-0.25, -0.2) is 4.98 Å². The molecule has 0 amide bonds. The van der Waals surface area contributed by atoms with Crippen LogP contribution in [0.25, 0.3) is 0 Å². The summed E-state index contributed by atoms with van der Waals surface area (Å²) < 4.78 is 2.04. The molecule has 2 heterocycles. The minimum atomic E-state index is 0.0858. The largest absolute Gasteiger partial charge is 0.337 e. The molecule has 0 saturated heterocycles. The zero-order valence-electron chi connectivity index (χ0n) is 12.4. The minimum absolute atomic E-state index is 0.0858. The van der Waals surface area contributed by atoms with Gasteiger partial charge in [-0.2, -0.15) is 0 Å². The van der Waals surface area contributed by atoms with Gasteiger partial charge in [0.2, 0.25) is 0 Å². The van der Waals surface area contributed by atoms with E-state index in [0.717, 1.165) is 18.8 Å². The second-order valence-corrected chi connectivity index (χ2v) is 5.17. The molecule has 2 atom stereocenters. The van der Waals surface area contributed by atoms with Crippen LogP contribution in [0.15, 0.2) is 36.9 Å². The van der Waals surface area contributed by atoms with Crippen LogP contribution >= 0.6 is 0 Å². The van der Waals surface area contributed by atoms with E-state index in [4.69, 9.17) is 5.73 Å². The summed E-state index contributed by atoms with van der Waals surface area (Å²) in [5, 5.41) is 0. The van der Waals surface area contributed by atoms with Gasteiger partial charge in [-0.3, -0.25) is 9.88 Å². The molecule has 0 saturated carbocycles. The van der Waals surface area contributed by atoms with Crippen molar-refractivity contribution < 1.29 is 0 Å². The van der Waals surface area contributed by atoms with E-state index in [9.17, 15) is 0 Å². The highest BCUT2D eigenvalue weighted by molar-refractivity contribution is 5.17. The lowest BCUT2D eigenvalue weighted by atomic mass is 9.97. The maximum atomic E-state index is 6.33. The molecule has 0 fully saturated rings. The van der Waals surface area contributed by atoms with E-state index in [0.29, 0.717) is 0 Å². The number of pyridine rings is 1. The van der Waals surface area contributed by atoms with Gasteiger partial charge < -0.3 is 10.3 Å². The Balaban J connectivity index is 2.21. The molecular formula is C15H23N5. The monoisotopic (exact) mass is 273 g/mol. The second-order valence-electron chi connectivity index (χ2n) is 5.17. The quantitative estimate of drug-likeness (QED) is 0.870. The molecule has 20 heavy (non-hydrogen) atoms. The van der Waals surface area contributed by atoms with Gasteiger partial charge in [0.05, 0.1) is 12.6 Å². The van der Waals surface area contributed by atoms with Crippen LogP contribution in [-0.4, -0.2) is 32.5 Å². The highest BCUT2D eigenvalue weighted by atomic mass is 15.2. The third-order valence-electron chi connectivity index (χ3n) is 3.71.